The highest BCUT2D eigenvalue weighted by atomic mass is 32.1. The number of carbonyl (C=O) groups is 2. The van der Waals surface area contributed by atoms with Crippen LogP contribution in [0.3, 0.4) is 0 Å². The first-order chi connectivity index (χ1) is 14.7. The van der Waals surface area contributed by atoms with E-state index < -0.39 is 0 Å². The molecule has 2 amide bonds. The molecule has 1 aliphatic rings. The van der Waals surface area contributed by atoms with E-state index in [0.717, 1.165) is 29.3 Å². The molecule has 1 aromatic heterocycles. The van der Waals surface area contributed by atoms with Gasteiger partial charge in [-0.3, -0.25) is 9.59 Å². The van der Waals surface area contributed by atoms with Gasteiger partial charge in [-0.05, 0) is 47.8 Å². The maximum atomic E-state index is 12.5. The van der Waals surface area contributed by atoms with Crippen molar-refractivity contribution >= 4 is 34.5 Å². The number of piperazine rings is 1. The lowest BCUT2D eigenvalue weighted by Crippen LogP contribution is -2.48. The van der Waals surface area contributed by atoms with Gasteiger partial charge in [0.1, 0.15) is 5.75 Å². The second-order valence-corrected chi connectivity index (χ2v) is 7.91. The fourth-order valence-electron chi connectivity index (χ4n) is 3.51. The second-order valence-electron chi connectivity index (χ2n) is 6.96. The van der Waals surface area contributed by atoms with Crippen molar-refractivity contribution in [2.45, 2.75) is 0 Å². The Balaban J connectivity index is 1.35. The number of carbonyl (C=O) groups excluding carboxylic acids is 2. The maximum absolute atomic E-state index is 12.5. The van der Waals surface area contributed by atoms with Gasteiger partial charge in [-0.15, -0.1) is 11.3 Å². The van der Waals surface area contributed by atoms with Gasteiger partial charge >= 0.3 is 0 Å². The van der Waals surface area contributed by atoms with E-state index in [0.29, 0.717) is 24.4 Å². The number of anilines is 2. The monoisotopic (exact) mass is 421 g/mol. The Morgan fingerprint density at radius 3 is 2.33 bits per heavy atom. The van der Waals surface area contributed by atoms with Gasteiger partial charge in [-0.2, -0.15) is 0 Å². The van der Waals surface area contributed by atoms with E-state index in [4.69, 9.17) is 4.74 Å². The first-order valence-electron chi connectivity index (χ1n) is 9.78. The molecule has 1 aliphatic heterocycles. The topological polar surface area (TPSA) is 61.9 Å². The van der Waals surface area contributed by atoms with Crippen molar-refractivity contribution in [3.63, 3.8) is 0 Å². The molecule has 2 heterocycles. The Morgan fingerprint density at radius 2 is 1.67 bits per heavy atom. The minimum absolute atomic E-state index is 0.110. The smallest absolute Gasteiger partial charge is 0.264 e. The molecule has 1 saturated heterocycles. The third-order valence-corrected chi connectivity index (χ3v) is 6.00. The van der Waals surface area contributed by atoms with E-state index in [-0.39, 0.29) is 11.8 Å². The number of hydrogen-bond acceptors (Lipinski definition) is 5. The molecule has 0 atom stereocenters. The molecular weight excluding hydrogens is 398 g/mol. The number of hydrogen-bond donors (Lipinski definition) is 1. The summed E-state index contributed by atoms with van der Waals surface area (Å²) >= 11 is 1.48. The number of methoxy groups -OCH3 is 1. The van der Waals surface area contributed by atoms with Crippen molar-refractivity contribution in [1.82, 2.24) is 4.90 Å². The number of benzene rings is 2. The van der Waals surface area contributed by atoms with Gasteiger partial charge in [0.15, 0.2) is 0 Å². The molecule has 4 rings (SSSR count). The molecule has 0 radical (unpaired) electrons. The van der Waals surface area contributed by atoms with Crippen molar-refractivity contribution in [3.8, 4) is 5.75 Å². The quantitative estimate of drug-likeness (QED) is 0.677. The summed E-state index contributed by atoms with van der Waals surface area (Å²) in [7, 11) is 1.55. The SMILES string of the molecule is COc1ccccc1C(=O)Nc1ccc(N2CCN(C(=O)c3cccs3)CC2)cc1. The molecule has 0 unspecified atom stereocenters. The molecule has 6 nitrogen and oxygen atoms in total. The van der Waals surface area contributed by atoms with Crippen LogP contribution >= 0.6 is 11.3 Å². The van der Waals surface area contributed by atoms with E-state index in [1.54, 1.807) is 19.2 Å². The van der Waals surface area contributed by atoms with Crippen LogP contribution in [-0.2, 0) is 0 Å². The lowest BCUT2D eigenvalue weighted by molar-refractivity contribution is 0.0751. The summed E-state index contributed by atoms with van der Waals surface area (Å²) in [4.78, 5) is 30.0. The van der Waals surface area contributed by atoms with Crippen molar-refractivity contribution in [1.29, 1.82) is 0 Å². The standard InChI is InChI=1S/C23H23N3O3S/c1-29-20-6-3-2-5-19(20)22(27)24-17-8-10-18(11-9-17)25-12-14-26(15-13-25)23(28)21-7-4-16-30-21/h2-11,16H,12-15H2,1H3,(H,24,27). The lowest BCUT2D eigenvalue weighted by Gasteiger charge is -2.36. The molecule has 1 fully saturated rings. The van der Waals surface area contributed by atoms with E-state index >= 15 is 0 Å². The summed E-state index contributed by atoms with van der Waals surface area (Å²) in [6.07, 6.45) is 0. The first kappa shape index (κ1) is 20.0. The largest absolute Gasteiger partial charge is 0.496 e. The Bertz CT molecular complexity index is 1010. The molecule has 30 heavy (non-hydrogen) atoms. The third kappa shape index (κ3) is 4.31. The Hall–Kier alpha value is -3.32. The molecule has 0 bridgehead atoms. The normalized spacial score (nSPS) is 13.8. The molecule has 0 aliphatic carbocycles. The van der Waals surface area contributed by atoms with Gasteiger partial charge in [0.25, 0.3) is 11.8 Å². The second kappa shape index (κ2) is 9.00. The molecule has 154 valence electrons. The van der Waals surface area contributed by atoms with Crippen LogP contribution in [0.4, 0.5) is 11.4 Å². The summed E-state index contributed by atoms with van der Waals surface area (Å²) in [6, 6.07) is 18.7. The fraction of sp³-hybridized carbons (Fsp3) is 0.217. The highest BCUT2D eigenvalue weighted by molar-refractivity contribution is 7.12. The highest BCUT2D eigenvalue weighted by Gasteiger charge is 2.23. The van der Waals surface area contributed by atoms with Crippen LogP contribution < -0.4 is 15.0 Å². The zero-order valence-electron chi connectivity index (χ0n) is 16.7. The minimum Gasteiger partial charge on any atom is -0.496 e. The van der Waals surface area contributed by atoms with Crippen molar-refractivity contribution in [2.24, 2.45) is 0 Å². The summed E-state index contributed by atoms with van der Waals surface area (Å²) < 4.78 is 5.26. The van der Waals surface area contributed by atoms with Gasteiger partial charge in [-0.1, -0.05) is 18.2 Å². The highest BCUT2D eigenvalue weighted by Crippen LogP contribution is 2.23. The molecule has 1 N–H and O–H groups in total. The van der Waals surface area contributed by atoms with Crippen LogP contribution in [0.25, 0.3) is 0 Å². The van der Waals surface area contributed by atoms with Crippen LogP contribution in [0.1, 0.15) is 20.0 Å². The average molecular weight is 422 g/mol. The molecule has 3 aromatic rings. The molecule has 0 spiro atoms. The number of rotatable bonds is 5. The molecule has 0 saturated carbocycles. The number of para-hydroxylation sites is 1. The first-order valence-corrected chi connectivity index (χ1v) is 10.7. The third-order valence-electron chi connectivity index (χ3n) is 5.14. The predicted molar refractivity (Wildman–Crippen MR) is 120 cm³/mol. The van der Waals surface area contributed by atoms with Crippen molar-refractivity contribution < 1.29 is 14.3 Å². The predicted octanol–water partition coefficient (Wildman–Crippen LogP) is 3.97. The number of thiophene rings is 1. The van der Waals surface area contributed by atoms with E-state index in [2.05, 4.69) is 10.2 Å². The maximum Gasteiger partial charge on any atom is 0.264 e. The summed E-state index contributed by atoms with van der Waals surface area (Å²) in [5.41, 5.74) is 2.30. The zero-order valence-corrected chi connectivity index (χ0v) is 17.5. The number of amides is 2. The van der Waals surface area contributed by atoms with Gasteiger partial charge in [-0.25, -0.2) is 0 Å². The van der Waals surface area contributed by atoms with Crippen LogP contribution in [0, 0.1) is 0 Å². The van der Waals surface area contributed by atoms with Crippen molar-refractivity contribution in [2.75, 3.05) is 43.5 Å². The Labute approximate surface area is 179 Å². The molecular formula is C23H23N3O3S. The van der Waals surface area contributed by atoms with Gasteiger partial charge in [0.05, 0.1) is 17.6 Å². The minimum atomic E-state index is -0.207. The van der Waals surface area contributed by atoms with Crippen LogP contribution in [0.15, 0.2) is 66.0 Å². The zero-order chi connectivity index (χ0) is 20.9. The molecule has 2 aromatic carbocycles. The average Bonchev–Trinajstić information content (AvgIpc) is 3.34. The van der Waals surface area contributed by atoms with Crippen LogP contribution in [0.5, 0.6) is 5.75 Å². The number of nitrogens with zero attached hydrogens (tertiary/aromatic N) is 2. The van der Waals surface area contributed by atoms with E-state index in [1.807, 2.05) is 58.8 Å². The van der Waals surface area contributed by atoms with Crippen LogP contribution in [-0.4, -0.2) is 50.0 Å². The fourth-order valence-corrected chi connectivity index (χ4v) is 4.20. The van der Waals surface area contributed by atoms with Gasteiger partial charge < -0.3 is 19.9 Å². The van der Waals surface area contributed by atoms with Crippen LogP contribution in [0.2, 0.25) is 0 Å². The molecule has 7 heteroatoms. The summed E-state index contributed by atoms with van der Waals surface area (Å²) in [5, 5.41) is 4.84. The summed E-state index contributed by atoms with van der Waals surface area (Å²) in [6.45, 7) is 2.96. The Morgan fingerprint density at radius 1 is 0.933 bits per heavy atom. The van der Waals surface area contributed by atoms with Crippen molar-refractivity contribution in [3.05, 3.63) is 76.5 Å². The van der Waals surface area contributed by atoms with Gasteiger partial charge in [0.2, 0.25) is 0 Å². The van der Waals surface area contributed by atoms with E-state index in [1.165, 1.54) is 11.3 Å². The van der Waals surface area contributed by atoms with E-state index in [9.17, 15) is 9.59 Å². The Kier molecular flexibility index (Phi) is 5.99. The lowest BCUT2D eigenvalue weighted by atomic mass is 10.1. The van der Waals surface area contributed by atoms with Gasteiger partial charge in [0, 0.05) is 37.6 Å². The number of nitrogens with one attached hydrogen (secondary N) is 1. The summed E-state index contributed by atoms with van der Waals surface area (Å²) in [5.74, 6) is 0.446. The number of ether oxygens (including phenoxy) is 1.